The molecule has 1 atom stereocenters. The summed E-state index contributed by atoms with van der Waals surface area (Å²) in [6.45, 7) is 6.93. The van der Waals surface area contributed by atoms with Gasteiger partial charge in [-0.2, -0.15) is 0 Å². The van der Waals surface area contributed by atoms with Gasteiger partial charge in [0.1, 0.15) is 0 Å². The van der Waals surface area contributed by atoms with E-state index in [1.165, 1.54) is 0 Å². The molecule has 6 rings (SSSR count). The number of nitrogens with two attached hydrogens (primary N) is 1. The number of carboxylic acid groups (broad SMARTS) is 1. The molecule has 3 aromatic carbocycles. The summed E-state index contributed by atoms with van der Waals surface area (Å²) >= 11 is 12.7. The second-order valence-corrected chi connectivity index (χ2v) is 14.0. The molecule has 3 fully saturated rings. The smallest absolute Gasteiger partial charge is 0.314 e. The minimum atomic E-state index is -0.842. The Bertz CT molecular complexity index is 1560. The molecule has 3 N–H and O–H groups in total. The van der Waals surface area contributed by atoms with Gasteiger partial charge in [-0.15, -0.1) is 0 Å². The molecule has 11 heteroatoms. The van der Waals surface area contributed by atoms with Crippen LogP contribution in [0, 0.1) is 0 Å². The maximum Gasteiger partial charge on any atom is 0.314 e. The van der Waals surface area contributed by atoms with E-state index in [1.807, 2.05) is 90.8 Å². The first-order valence-corrected chi connectivity index (χ1v) is 17.3. The first-order valence-electron chi connectivity index (χ1n) is 16.6. The molecule has 3 aliphatic rings. The fourth-order valence-corrected chi connectivity index (χ4v) is 7.46. The third kappa shape index (κ3) is 8.14. The number of halogens is 2. The predicted octanol–water partition coefficient (Wildman–Crippen LogP) is 5.60. The van der Waals surface area contributed by atoms with Crippen molar-refractivity contribution in [2.75, 3.05) is 66.0 Å². The van der Waals surface area contributed by atoms with E-state index in [0.717, 1.165) is 56.7 Å². The van der Waals surface area contributed by atoms with Crippen molar-refractivity contribution < 1.29 is 19.5 Å². The number of hydrogen-bond donors (Lipinski definition) is 2. The summed E-state index contributed by atoms with van der Waals surface area (Å²) in [4.78, 5) is 44.4. The van der Waals surface area contributed by atoms with Crippen LogP contribution in [0.15, 0.2) is 78.9 Å². The van der Waals surface area contributed by atoms with Crippen LogP contribution in [0.3, 0.4) is 0 Å². The Morgan fingerprint density at radius 2 is 1.38 bits per heavy atom. The largest absolute Gasteiger partial charge is 0.481 e. The maximum atomic E-state index is 13.3. The number of benzene rings is 3. The summed E-state index contributed by atoms with van der Waals surface area (Å²) in [7, 11) is 2.04. The van der Waals surface area contributed by atoms with Crippen molar-refractivity contribution >= 4 is 41.1 Å². The average molecular weight is 695 g/mol. The van der Waals surface area contributed by atoms with Crippen LogP contribution in [0.1, 0.15) is 47.2 Å². The number of piperazine rings is 1. The molecule has 3 aliphatic heterocycles. The summed E-state index contributed by atoms with van der Waals surface area (Å²) in [5.74, 6) is -0.707. The van der Waals surface area contributed by atoms with Gasteiger partial charge in [0.2, 0.25) is 0 Å². The number of likely N-dealkylation sites (N-methyl/N-ethyl adjacent to an activating group) is 1. The second kappa shape index (κ2) is 15.7. The fourth-order valence-electron chi connectivity index (χ4n) is 7.16. The van der Waals surface area contributed by atoms with E-state index in [2.05, 4.69) is 9.80 Å². The topological polar surface area (TPSA) is 110 Å². The van der Waals surface area contributed by atoms with E-state index in [1.54, 1.807) is 4.90 Å². The van der Waals surface area contributed by atoms with Crippen LogP contribution >= 0.6 is 23.2 Å². The van der Waals surface area contributed by atoms with Gasteiger partial charge in [0.25, 0.3) is 5.91 Å². The minimum absolute atomic E-state index is 0.0413. The number of carbonyl (C=O) groups is 3. The number of rotatable bonds is 7. The molecule has 3 amide bonds. The molecule has 3 heterocycles. The van der Waals surface area contributed by atoms with E-state index >= 15 is 0 Å². The molecule has 0 radical (unpaired) electrons. The summed E-state index contributed by atoms with van der Waals surface area (Å²) in [5.41, 5.74) is 6.66. The number of nitrogens with zero attached hydrogens (tertiary/aromatic N) is 4. The summed E-state index contributed by atoms with van der Waals surface area (Å²) < 4.78 is 0. The van der Waals surface area contributed by atoms with Crippen molar-refractivity contribution in [1.29, 1.82) is 0 Å². The highest BCUT2D eigenvalue weighted by Gasteiger charge is 2.45. The molecule has 0 bridgehead atoms. The first kappa shape index (κ1) is 35.7. The second-order valence-electron chi connectivity index (χ2n) is 13.2. The standard InChI is InChI=1S/C31H32Cl2N2O3.C6H13N3O/c32-26-12-11-25(21-27(26)33)30(14-20-35(22-30)28(36)23-7-3-1-4-8-23)13-17-34-18-15-31(16-19-34,29(37)38)24-9-5-2-6-10-24;1-8-2-4-9(5-3-8)6(7)10/h1-12,21H,13-20,22H2,(H,37,38);2-5H2,1H3,(H2,7,10). The normalized spacial score (nSPS) is 21.3. The highest BCUT2D eigenvalue weighted by Crippen LogP contribution is 2.42. The molecule has 0 aromatic heterocycles. The number of hydrogen-bond acceptors (Lipinski definition) is 5. The van der Waals surface area contributed by atoms with Gasteiger partial charge in [-0.1, -0.05) is 77.8 Å². The van der Waals surface area contributed by atoms with Crippen molar-refractivity contribution in [3.63, 3.8) is 0 Å². The zero-order valence-corrected chi connectivity index (χ0v) is 29.0. The molecule has 0 saturated carbocycles. The van der Waals surface area contributed by atoms with Crippen molar-refractivity contribution in [2.45, 2.75) is 36.5 Å². The van der Waals surface area contributed by atoms with Crippen molar-refractivity contribution in [3.8, 4) is 0 Å². The molecule has 1 unspecified atom stereocenters. The molecule has 0 spiro atoms. The van der Waals surface area contributed by atoms with Crippen LogP contribution in [-0.2, 0) is 15.6 Å². The molecule has 3 saturated heterocycles. The zero-order valence-electron chi connectivity index (χ0n) is 27.5. The average Bonchev–Trinajstić information content (AvgIpc) is 3.55. The number of carbonyl (C=O) groups excluding carboxylic acids is 2. The van der Waals surface area contributed by atoms with Gasteiger partial charge in [-0.05, 0) is 87.8 Å². The van der Waals surface area contributed by atoms with E-state index < -0.39 is 11.4 Å². The lowest BCUT2D eigenvalue weighted by Crippen LogP contribution is -2.49. The number of aliphatic carboxylic acids is 1. The van der Waals surface area contributed by atoms with Crippen LogP contribution in [0.5, 0.6) is 0 Å². The van der Waals surface area contributed by atoms with Gasteiger partial charge < -0.3 is 30.4 Å². The lowest BCUT2D eigenvalue weighted by atomic mass is 9.72. The van der Waals surface area contributed by atoms with E-state index in [-0.39, 0.29) is 17.4 Å². The Hall–Kier alpha value is -3.63. The number of amides is 3. The minimum Gasteiger partial charge on any atom is -0.481 e. The molecule has 9 nitrogen and oxygen atoms in total. The van der Waals surface area contributed by atoms with Gasteiger partial charge in [-0.3, -0.25) is 9.59 Å². The van der Waals surface area contributed by atoms with E-state index in [0.29, 0.717) is 54.6 Å². The number of carboxylic acids is 1. The Kier molecular flexibility index (Phi) is 11.7. The van der Waals surface area contributed by atoms with Gasteiger partial charge in [0, 0.05) is 50.2 Å². The predicted molar refractivity (Wildman–Crippen MR) is 190 cm³/mol. The molecule has 48 heavy (non-hydrogen) atoms. The Balaban J connectivity index is 0.000000387. The molecule has 0 aliphatic carbocycles. The van der Waals surface area contributed by atoms with Gasteiger partial charge in [0.05, 0.1) is 15.5 Å². The SMILES string of the molecule is CN1CCN(C(N)=O)CC1.O=C(c1ccccc1)N1CCC(CCN2CCC(C(=O)O)(c3ccccc3)CC2)(c2ccc(Cl)c(Cl)c2)C1. The van der Waals surface area contributed by atoms with Crippen LogP contribution in [0.25, 0.3) is 0 Å². The number of likely N-dealkylation sites (tertiary alicyclic amines) is 2. The van der Waals surface area contributed by atoms with Gasteiger partial charge in [0.15, 0.2) is 0 Å². The van der Waals surface area contributed by atoms with Crippen molar-refractivity contribution in [1.82, 2.24) is 19.6 Å². The quantitative estimate of drug-likeness (QED) is 0.334. The monoisotopic (exact) mass is 693 g/mol. The van der Waals surface area contributed by atoms with Gasteiger partial charge in [-0.25, -0.2) is 4.79 Å². The third-order valence-electron chi connectivity index (χ3n) is 10.4. The summed E-state index contributed by atoms with van der Waals surface area (Å²) in [6.07, 6.45) is 2.82. The van der Waals surface area contributed by atoms with Crippen LogP contribution in [0.2, 0.25) is 10.0 Å². The highest BCUT2D eigenvalue weighted by molar-refractivity contribution is 6.42. The van der Waals surface area contributed by atoms with Crippen LogP contribution < -0.4 is 5.73 Å². The molecule has 256 valence electrons. The van der Waals surface area contributed by atoms with E-state index in [4.69, 9.17) is 28.9 Å². The Morgan fingerprint density at radius 3 is 1.96 bits per heavy atom. The molecular formula is C37H45Cl2N5O4. The van der Waals surface area contributed by atoms with E-state index in [9.17, 15) is 19.5 Å². The highest BCUT2D eigenvalue weighted by atomic mass is 35.5. The summed E-state index contributed by atoms with van der Waals surface area (Å²) in [5, 5.41) is 11.2. The lowest BCUT2D eigenvalue weighted by molar-refractivity contribution is -0.146. The number of piperidine rings is 1. The van der Waals surface area contributed by atoms with Crippen LogP contribution in [0.4, 0.5) is 4.79 Å². The zero-order chi connectivity index (χ0) is 34.3. The lowest BCUT2D eigenvalue weighted by Gasteiger charge is -2.40. The number of primary amides is 1. The van der Waals surface area contributed by atoms with Crippen molar-refractivity contribution in [3.05, 3.63) is 106 Å². The molecule has 3 aromatic rings. The maximum absolute atomic E-state index is 13.3. The first-order chi connectivity index (χ1) is 23.0. The summed E-state index contributed by atoms with van der Waals surface area (Å²) in [6, 6.07) is 24.5. The van der Waals surface area contributed by atoms with Gasteiger partial charge >= 0.3 is 12.0 Å². The van der Waals surface area contributed by atoms with Crippen LogP contribution in [-0.4, -0.2) is 109 Å². The Labute approximate surface area is 293 Å². The Morgan fingerprint density at radius 1 is 0.750 bits per heavy atom. The number of urea groups is 1. The fraction of sp³-hybridized carbons (Fsp3) is 0.432. The third-order valence-corrected chi connectivity index (χ3v) is 11.1. The molecular weight excluding hydrogens is 649 g/mol. The van der Waals surface area contributed by atoms with Crippen molar-refractivity contribution in [2.24, 2.45) is 5.73 Å².